The molecule has 1 aliphatic rings. The average Bonchev–Trinajstić information content (AvgIpc) is 2.81. The van der Waals surface area contributed by atoms with Crippen LogP contribution in [0.4, 0.5) is 14.6 Å². The summed E-state index contributed by atoms with van der Waals surface area (Å²) in [4.78, 5) is 10.9. The van der Waals surface area contributed by atoms with Crippen LogP contribution in [0.15, 0.2) is 12.4 Å². The molecule has 2 aromatic heterocycles. The number of hydrogen-bond acceptors (Lipinski definition) is 4. The molecule has 0 unspecified atom stereocenters. The molecule has 1 aliphatic heterocycles. The summed E-state index contributed by atoms with van der Waals surface area (Å²) in [5.41, 5.74) is 0.987. The van der Waals surface area contributed by atoms with Gasteiger partial charge in [0.05, 0.1) is 12.4 Å². The molecule has 0 aromatic carbocycles. The maximum absolute atomic E-state index is 12.5. The number of nitrogens with zero attached hydrogens (tertiary/aromatic N) is 5. The Morgan fingerprint density at radius 2 is 2.05 bits per heavy atom. The minimum atomic E-state index is -2.45. The van der Waals surface area contributed by atoms with Crippen molar-refractivity contribution >= 4 is 17.0 Å². The number of piperidine rings is 1. The molecule has 0 bridgehead atoms. The monoisotopic (exact) mass is 281 g/mol. The molecule has 0 atom stereocenters. The van der Waals surface area contributed by atoms with Gasteiger partial charge in [-0.15, -0.1) is 0 Å². The molecule has 20 heavy (non-hydrogen) atoms. The van der Waals surface area contributed by atoms with Crippen LogP contribution < -0.4 is 4.90 Å². The molecular weight excluding hydrogens is 264 g/mol. The number of anilines is 1. The Hall–Kier alpha value is -1.79. The van der Waals surface area contributed by atoms with Gasteiger partial charge in [0, 0.05) is 13.1 Å². The molecule has 0 spiro atoms. The first-order valence-corrected chi connectivity index (χ1v) is 6.85. The fraction of sp³-hybridized carbons (Fsp3) is 0.615. The van der Waals surface area contributed by atoms with E-state index < -0.39 is 13.0 Å². The lowest BCUT2D eigenvalue weighted by molar-refractivity contribution is 0.123. The zero-order chi connectivity index (χ0) is 14.1. The summed E-state index contributed by atoms with van der Waals surface area (Å²) in [5.74, 6) is 1.48. The number of rotatable bonds is 3. The fourth-order valence-electron chi connectivity index (χ4n) is 2.49. The molecule has 1 saturated heterocycles. The molecule has 2 aromatic rings. The van der Waals surface area contributed by atoms with Gasteiger partial charge in [0.1, 0.15) is 17.9 Å². The highest BCUT2D eigenvalue weighted by Gasteiger charge is 2.19. The molecule has 3 rings (SSSR count). The van der Waals surface area contributed by atoms with Crippen molar-refractivity contribution in [1.29, 1.82) is 0 Å². The Morgan fingerprint density at radius 1 is 1.30 bits per heavy atom. The normalized spacial score (nSPS) is 17.3. The van der Waals surface area contributed by atoms with Crippen molar-refractivity contribution in [2.45, 2.75) is 32.7 Å². The Kier molecular flexibility index (Phi) is 3.50. The lowest BCUT2D eigenvalue weighted by Crippen LogP contribution is -2.33. The Morgan fingerprint density at radius 3 is 2.75 bits per heavy atom. The maximum Gasteiger partial charge on any atom is 0.258 e. The third kappa shape index (κ3) is 2.57. The molecule has 0 saturated carbocycles. The van der Waals surface area contributed by atoms with Crippen molar-refractivity contribution in [3.63, 3.8) is 0 Å². The first-order valence-electron chi connectivity index (χ1n) is 6.85. The second-order valence-electron chi connectivity index (χ2n) is 5.32. The zero-order valence-electron chi connectivity index (χ0n) is 11.3. The van der Waals surface area contributed by atoms with Crippen molar-refractivity contribution in [2.24, 2.45) is 5.92 Å². The van der Waals surface area contributed by atoms with Crippen LogP contribution >= 0.6 is 0 Å². The van der Waals surface area contributed by atoms with E-state index in [1.807, 2.05) is 0 Å². The second-order valence-corrected chi connectivity index (χ2v) is 5.32. The van der Waals surface area contributed by atoms with Crippen molar-refractivity contribution in [2.75, 3.05) is 18.0 Å². The standard InChI is InChI=1S/C13H17F2N5/c1-9-2-4-19(5-3-9)12-7-16-10-6-17-20(8-11(14)15)13(10)18-12/h6-7,9,11H,2-5,8H2,1H3. The highest BCUT2D eigenvalue weighted by molar-refractivity contribution is 5.71. The predicted molar refractivity (Wildman–Crippen MR) is 71.9 cm³/mol. The highest BCUT2D eigenvalue weighted by atomic mass is 19.3. The molecule has 0 amide bonds. The van der Waals surface area contributed by atoms with Crippen molar-refractivity contribution in [3.8, 4) is 0 Å². The Bertz CT molecular complexity index is 589. The quantitative estimate of drug-likeness (QED) is 0.866. The first-order chi connectivity index (χ1) is 9.63. The Balaban J connectivity index is 1.89. The van der Waals surface area contributed by atoms with Crippen molar-refractivity contribution in [3.05, 3.63) is 12.4 Å². The van der Waals surface area contributed by atoms with Crippen LogP contribution in [0.2, 0.25) is 0 Å². The van der Waals surface area contributed by atoms with E-state index in [1.165, 1.54) is 10.9 Å². The minimum Gasteiger partial charge on any atom is -0.355 e. The van der Waals surface area contributed by atoms with Crippen LogP contribution in [0, 0.1) is 5.92 Å². The van der Waals surface area contributed by atoms with Gasteiger partial charge in [-0.1, -0.05) is 6.92 Å². The molecule has 3 heterocycles. The van der Waals surface area contributed by atoms with Gasteiger partial charge < -0.3 is 4.90 Å². The number of fused-ring (bicyclic) bond motifs is 1. The molecule has 108 valence electrons. The van der Waals surface area contributed by atoms with Gasteiger partial charge in [-0.3, -0.25) is 0 Å². The van der Waals surface area contributed by atoms with Gasteiger partial charge in [-0.25, -0.2) is 23.4 Å². The summed E-state index contributed by atoms with van der Waals surface area (Å²) in [5, 5.41) is 3.93. The molecule has 0 radical (unpaired) electrons. The lowest BCUT2D eigenvalue weighted by atomic mass is 9.99. The predicted octanol–water partition coefficient (Wildman–Crippen LogP) is 2.33. The van der Waals surface area contributed by atoms with Gasteiger partial charge in [-0.05, 0) is 18.8 Å². The van der Waals surface area contributed by atoms with Crippen LogP contribution in [0.25, 0.3) is 11.2 Å². The van der Waals surface area contributed by atoms with Gasteiger partial charge in [-0.2, -0.15) is 5.10 Å². The third-order valence-electron chi connectivity index (χ3n) is 3.75. The van der Waals surface area contributed by atoms with Crippen LogP contribution in [0.5, 0.6) is 0 Å². The molecule has 0 aliphatic carbocycles. The highest BCUT2D eigenvalue weighted by Crippen LogP contribution is 2.22. The van der Waals surface area contributed by atoms with Crippen LogP contribution in [-0.2, 0) is 6.54 Å². The average molecular weight is 281 g/mol. The summed E-state index contributed by atoms with van der Waals surface area (Å²) < 4.78 is 26.2. The van der Waals surface area contributed by atoms with Gasteiger partial charge in [0.25, 0.3) is 6.43 Å². The minimum absolute atomic E-state index is 0.432. The van der Waals surface area contributed by atoms with Gasteiger partial charge in [0.15, 0.2) is 5.65 Å². The summed E-state index contributed by atoms with van der Waals surface area (Å²) in [6, 6.07) is 0. The van der Waals surface area contributed by atoms with Crippen LogP contribution in [0.3, 0.4) is 0 Å². The second kappa shape index (κ2) is 5.30. The lowest BCUT2D eigenvalue weighted by Gasteiger charge is -2.30. The van der Waals surface area contributed by atoms with E-state index in [-0.39, 0.29) is 0 Å². The van der Waals surface area contributed by atoms with E-state index in [2.05, 4.69) is 26.9 Å². The summed E-state index contributed by atoms with van der Waals surface area (Å²) in [6.45, 7) is 3.66. The van der Waals surface area contributed by atoms with Gasteiger partial charge >= 0.3 is 0 Å². The summed E-state index contributed by atoms with van der Waals surface area (Å²) in [6.07, 6.45) is 2.98. The van der Waals surface area contributed by atoms with Crippen molar-refractivity contribution in [1.82, 2.24) is 19.7 Å². The van der Waals surface area contributed by atoms with Gasteiger partial charge in [0.2, 0.25) is 0 Å². The molecule has 5 nitrogen and oxygen atoms in total. The number of hydrogen-bond donors (Lipinski definition) is 0. The molecule has 1 fully saturated rings. The molecular formula is C13H17F2N5. The Labute approximate surface area is 115 Å². The van der Waals surface area contributed by atoms with E-state index in [4.69, 9.17) is 0 Å². The molecule has 7 heteroatoms. The summed E-state index contributed by atoms with van der Waals surface area (Å²) >= 11 is 0. The fourth-order valence-corrected chi connectivity index (χ4v) is 2.49. The first kappa shape index (κ1) is 13.2. The number of halogens is 2. The smallest absolute Gasteiger partial charge is 0.258 e. The van der Waals surface area contributed by atoms with E-state index in [1.54, 1.807) is 6.20 Å². The van der Waals surface area contributed by atoms with E-state index in [0.717, 1.165) is 37.7 Å². The third-order valence-corrected chi connectivity index (χ3v) is 3.75. The van der Waals surface area contributed by atoms with E-state index in [0.29, 0.717) is 11.2 Å². The number of aromatic nitrogens is 4. The van der Waals surface area contributed by atoms with Crippen LogP contribution in [-0.4, -0.2) is 39.3 Å². The summed E-state index contributed by atoms with van der Waals surface area (Å²) in [7, 11) is 0. The SMILES string of the molecule is CC1CCN(c2cnc3cnn(CC(F)F)c3n2)CC1. The van der Waals surface area contributed by atoms with Crippen molar-refractivity contribution < 1.29 is 8.78 Å². The number of alkyl halides is 2. The topological polar surface area (TPSA) is 46.8 Å². The largest absolute Gasteiger partial charge is 0.355 e. The van der Waals surface area contributed by atoms with E-state index >= 15 is 0 Å². The zero-order valence-corrected chi connectivity index (χ0v) is 11.3. The molecule has 0 N–H and O–H groups in total. The van der Waals surface area contributed by atoms with Crippen LogP contribution in [0.1, 0.15) is 19.8 Å². The maximum atomic E-state index is 12.5. The van der Waals surface area contributed by atoms with E-state index in [9.17, 15) is 8.78 Å².